The van der Waals surface area contributed by atoms with Crippen LogP contribution in [0.4, 0.5) is 16.3 Å². The molecule has 8 nitrogen and oxygen atoms in total. The fourth-order valence-corrected chi connectivity index (χ4v) is 4.58. The summed E-state index contributed by atoms with van der Waals surface area (Å²) in [6.45, 7) is 8.70. The third-order valence-corrected chi connectivity index (χ3v) is 5.91. The van der Waals surface area contributed by atoms with Gasteiger partial charge in [-0.2, -0.15) is 0 Å². The monoisotopic (exact) mass is 437 g/mol. The van der Waals surface area contributed by atoms with Gasteiger partial charge in [0, 0.05) is 37.3 Å². The van der Waals surface area contributed by atoms with Gasteiger partial charge in [-0.1, -0.05) is 12.1 Å². The van der Waals surface area contributed by atoms with Crippen LogP contribution in [0.3, 0.4) is 0 Å². The first-order valence-corrected chi connectivity index (χ1v) is 11.1. The van der Waals surface area contributed by atoms with Crippen LogP contribution in [0, 0.1) is 11.8 Å². The van der Waals surface area contributed by atoms with Crippen LogP contribution in [-0.2, 0) is 9.53 Å². The average Bonchev–Trinajstić information content (AvgIpc) is 3.26. The molecule has 0 spiro atoms. The van der Waals surface area contributed by atoms with E-state index in [0.717, 1.165) is 48.7 Å². The number of hydrogen-bond acceptors (Lipinski definition) is 6. The third-order valence-electron chi connectivity index (χ3n) is 5.91. The van der Waals surface area contributed by atoms with Crippen molar-refractivity contribution in [2.75, 3.05) is 23.7 Å². The van der Waals surface area contributed by atoms with Gasteiger partial charge in [-0.05, 0) is 57.6 Å². The van der Waals surface area contributed by atoms with Crippen LogP contribution in [-0.4, -0.2) is 51.6 Å². The van der Waals surface area contributed by atoms with Crippen molar-refractivity contribution in [2.24, 2.45) is 11.8 Å². The fourth-order valence-electron chi connectivity index (χ4n) is 4.58. The molecule has 1 aliphatic heterocycles. The number of benzene rings is 1. The molecule has 3 atom stereocenters. The quantitative estimate of drug-likeness (QED) is 0.746. The van der Waals surface area contributed by atoms with E-state index in [1.54, 1.807) is 12.4 Å². The van der Waals surface area contributed by atoms with Crippen molar-refractivity contribution in [1.29, 1.82) is 0 Å². The SMILES string of the molecule is CC(=O)Nc1ccc(-c2cnc(NC3CC4CN(C(=O)OC(C)(C)C)C[C@H]4C3)cn2)cc1. The molecule has 2 aliphatic rings. The maximum Gasteiger partial charge on any atom is 0.410 e. The first kappa shape index (κ1) is 22.0. The summed E-state index contributed by atoms with van der Waals surface area (Å²) >= 11 is 0. The Morgan fingerprint density at radius 1 is 1.03 bits per heavy atom. The molecule has 1 saturated heterocycles. The Balaban J connectivity index is 1.29. The van der Waals surface area contributed by atoms with Crippen molar-refractivity contribution in [3.63, 3.8) is 0 Å². The molecular formula is C24H31N5O3. The van der Waals surface area contributed by atoms with E-state index in [2.05, 4.69) is 20.6 Å². The number of aromatic nitrogens is 2. The van der Waals surface area contributed by atoms with Crippen LogP contribution in [0.2, 0.25) is 0 Å². The molecule has 0 bridgehead atoms. The zero-order valence-corrected chi connectivity index (χ0v) is 19.1. The molecule has 1 aromatic heterocycles. The Kier molecular flexibility index (Phi) is 6.04. The summed E-state index contributed by atoms with van der Waals surface area (Å²) in [6.07, 6.45) is 5.34. The Labute approximate surface area is 188 Å². The second kappa shape index (κ2) is 8.76. The highest BCUT2D eigenvalue weighted by atomic mass is 16.6. The molecule has 32 heavy (non-hydrogen) atoms. The maximum absolute atomic E-state index is 12.3. The Bertz CT molecular complexity index is 955. The molecule has 4 rings (SSSR count). The van der Waals surface area contributed by atoms with E-state index in [4.69, 9.17) is 4.74 Å². The van der Waals surface area contributed by atoms with E-state index in [9.17, 15) is 9.59 Å². The summed E-state index contributed by atoms with van der Waals surface area (Å²) in [4.78, 5) is 34.4. The second-order valence-corrected chi connectivity index (χ2v) is 9.76. The van der Waals surface area contributed by atoms with Gasteiger partial charge >= 0.3 is 6.09 Å². The van der Waals surface area contributed by atoms with Crippen LogP contribution in [0.1, 0.15) is 40.5 Å². The first-order chi connectivity index (χ1) is 15.2. The molecule has 2 fully saturated rings. The maximum atomic E-state index is 12.3. The summed E-state index contributed by atoms with van der Waals surface area (Å²) in [5.74, 6) is 1.66. The molecule has 2 amide bonds. The van der Waals surface area contributed by atoms with E-state index >= 15 is 0 Å². The molecule has 2 unspecified atom stereocenters. The molecule has 0 radical (unpaired) electrons. The molecule has 2 heterocycles. The van der Waals surface area contributed by atoms with Crippen LogP contribution in [0.15, 0.2) is 36.7 Å². The normalized spacial score (nSPS) is 22.4. The van der Waals surface area contributed by atoms with E-state index in [1.165, 1.54) is 6.92 Å². The van der Waals surface area contributed by atoms with Crippen molar-refractivity contribution >= 4 is 23.5 Å². The zero-order chi connectivity index (χ0) is 22.9. The van der Waals surface area contributed by atoms with Crippen LogP contribution >= 0.6 is 0 Å². The highest BCUT2D eigenvalue weighted by molar-refractivity contribution is 5.88. The zero-order valence-electron chi connectivity index (χ0n) is 19.1. The molecule has 8 heteroatoms. The van der Waals surface area contributed by atoms with Gasteiger partial charge in [-0.25, -0.2) is 9.78 Å². The number of hydrogen-bond donors (Lipinski definition) is 2. The molecule has 170 valence electrons. The lowest BCUT2D eigenvalue weighted by Crippen LogP contribution is -2.36. The minimum Gasteiger partial charge on any atom is -0.444 e. The van der Waals surface area contributed by atoms with E-state index in [1.807, 2.05) is 49.9 Å². The number of likely N-dealkylation sites (tertiary alicyclic amines) is 1. The van der Waals surface area contributed by atoms with Crippen molar-refractivity contribution in [2.45, 2.75) is 52.2 Å². The van der Waals surface area contributed by atoms with Gasteiger partial charge in [-0.15, -0.1) is 0 Å². The summed E-state index contributed by atoms with van der Waals surface area (Å²) in [5.41, 5.74) is 2.01. The minimum absolute atomic E-state index is 0.0958. The number of carbonyl (C=O) groups excluding carboxylic acids is 2. The molecular weight excluding hydrogens is 406 g/mol. The van der Waals surface area contributed by atoms with Crippen molar-refractivity contribution in [3.05, 3.63) is 36.7 Å². The standard InChI is InChI=1S/C24H31N5O3/c1-15(30)27-19-7-5-16(6-8-19)21-11-26-22(12-25-21)28-20-9-17-13-29(14-18(17)10-20)23(31)32-24(2,3)4/h5-8,11-12,17-18,20H,9-10,13-14H2,1-4H3,(H,26,28)(H,27,30)/t17-,18?,20?/m1/s1. The van der Waals surface area contributed by atoms with E-state index in [0.29, 0.717) is 17.9 Å². The van der Waals surface area contributed by atoms with Crippen LogP contribution in [0.25, 0.3) is 11.3 Å². The Morgan fingerprint density at radius 2 is 1.69 bits per heavy atom. The van der Waals surface area contributed by atoms with E-state index in [-0.39, 0.29) is 12.0 Å². The predicted molar refractivity (Wildman–Crippen MR) is 123 cm³/mol. The van der Waals surface area contributed by atoms with Crippen molar-refractivity contribution < 1.29 is 14.3 Å². The molecule has 1 aliphatic carbocycles. The molecule has 2 N–H and O–H groups in total. The molecule has 2 aromatic rings. The third kappa shape index (κ3) is 5.36. The first-order valence-electron chi connectivity index (χ1n) is 11.1. The fraction of sp³-hybridized carbons (Fsp3) is 0.500. The topological polar surface area (TPSA) is 96.5 Å². The Hall–Kier alpha value is -3.16. The smallest absolute Gasteiger partial charge is 0.410 e. The molecule has 1 saturated carbocycles. The summed E-state index contributed by atoms with van der Waals surface area (Å²) in [7, 11) is 0. The second-order valence-electron chi connectivity index (χ2n) is 9.76. The highest BCUT2D eigenvalue weighted by Gasteiger charge is 2.43. The van der Waals surface area contributed by atoms with Crippen molar-refractivity contribution in [3.8, 4) is 11.3 Å². The number of amides is 2. The van der Waals surface area contributed by atoms with Gasteiger partial charge < -0.3 is 20.3 Å². The van der Waals surface area contributed by atoms with Gasteiger partial charge in [0.2, 0.25) is 5.91 Å². The van der Waals surface area contributed by atoms with Gasteiger partial charge in [0.1, 0.15) is 11.4 Å². The average molecular weight is 438 g/mol. The number of rotatable bonds is 4. The Morgan fingerprint density at radius 3 is 2.22 bits per heavy atom. The lowest BCUT2D eigenvalue weighted by molar-refractivity contribution is -0.114. The summed E-state index contributed by atoms with van der Waals surface area (Å²) < 4.78 is 5.52. The van der Waals surface area contributed by atoms with Gasteiger partial charge in [0.25, 0.3) is 0 Å². The predicted octanol–water partition coefficient (Wildman–Crippen LogP) is 4.16. The number of anilines is 2. The van der Waals surface area contributed by atoms with Crippen LogP contribution in [0.5, 0.6) is 0 Å². The molecule has 1 aromatic carbocycles. The van der Waals surface area contributed by atoms with Gasteiger partial charge in [0.05, 0.1) is 18.1 Å². The number of ether oxygens (including phenoxy) is 1. The lowest BCUT2D eigenvalue weighted by Gasteiger charge is -2.25. The lowest BCUT2D eigenvalue weighted by atomic mass is 10.0. The number of nitrogens with zero attached hydrogens (tertiary/aromatic N) is 3. The van der Waals surface area contributed by atoms with Gasteiger partial charge in [-0.3, -0.25) is 9.78 Å². The minimum atomic E-state index is -0.461. The summed E-state index contributed by atoms with van der Waals surface area (Å²) in [6, 6.07) is 7.86. The number of nitrogens with one attached hydrogen (secondary N) is 2. The van der Waals surface area contributed by atoms with Crippen LogP contribution < -0.4 is 10.6 Å². The summed E-state index contributed by atoms with van der Waals surface area (Å²) in [5, 5.41) is 6.26. The number of carbonyl (C=O) groups is 2. The van der Waals surface area contributed by atoms with Crippen molar-refractivity contribution in [1.82, 2.24) is 14.9 Å². The van der Waals surface area contributed by atoms with Gasteiger partial charge in [0.15, 0.2) is 0 Å². The highest BCUT2D eigenvalue weighted by Crippen LogP contribution is 2.39. The van der Waals surface area contributed by atoms with E-state index < -0.39 is 5.60 Å². The largest absolute Gasteiger partial charge is 0.444 e. The number of fused-ring (bicyclic) bond motifs is 1.